The lowest BCUT2D eigenvalue weighted by atomic mass is 10.1. The lowest BCUT2D eigenvalue weighted by molar-refractivity contribution is 0.112. The molecule has 0 heterocycles. The Morgan fingerprint density at radius 2 is 2.17 bits per heavy atom. The summed E-state index contributed by atoms with van der Waals surface area (Å²) in [7, 11) is 0. The zero-order valence-corrected chi connectivity index (χ0v) is 6.53. The second-order valence-corrected chi connectivity index (χ2v) is 2.48. The van der Waals surface area contributed by atoms with Crippen molar-refractivity contribution in [2.45, 2.75) is 6.42 Å². The average Bonchev–Trinajstić information content (AvgIpc) is 2.05. The van der Waals surface area contributed by atoms with Gasteiger partial charge in [0, 0.05) is 6.61 Å². The van der Waals surface area contributed by atoms with E-state index in [2.05, 4.69) is 0 Å². The fourth-order valence-electron chi connectivity index (χ4n) is 0.974. The summed E-state index contributed by atoms with van der Waals surface area (Å²) in [5.74, 6) is -0.0315. The average molecular weight is 166 g/mol. The van der Waals surface area contributed by atoms with E-state index in [1.807, 2.05) is 0 Å². The van der Waals surface area contributed by atoms with Gasteiger partial charge in [-0.2, -0.15) is 0 Å². The van der Waals surface area contributed by atoms with E-state index in [-0.39, 0.29) is 17.9 Å². The van der Waals surface area contributed by atoms with Crippen LogP contribution in [0.5, 0.6) is 5.75 Å². The van der Waals surface area contributed by atoms with Gasteiger partial charge in [-0.05, 0) is 24.1 Å². The summed E-state index contributed by atoms with van der Waals surface area (Å²) >= 11 is 0. The van der Waals surface area contributed by atoms with Crippen LogP contribution in [0.25, 0.3) is 0 Å². The van der Waals surface area contributed by atoms with Crippen molar-refractivity contribution in [2.75, 3.05) is 6.61 Å². The molecule has 0 saturated carbocycles. The molecule has 1 aromatic carbocycles. The fraction of sp³-hybridized carbons (Fsp3) is 0.222. The molecule has 1 aromatic rings. The van der Waals surface area contributed by atoms with Crippen LogP contribution < -0.4 is 0 Å². The summed E-state index contributed by atoms with van der Waals surface area (Å²) in [6, 6.07) is 4.73. The molecule has 0 aliphatic heterocycles. The molecule has 2 N–H and O–H groups in total. The number of rotatable bonds is 3. The number of hydrogen-bond donors (Lipinski definition) is 2. The van der Waals surface area contributed by atoms with Gasteiger partial charge >= 0.3 is 0 Å². The Morgan fingerprint density at radius 3 is 2.67 bits per heavy atom. The SMILES string of the molecule is O=Cc1ccc(CCO)cc1O. The van der Waals surface area contributed by atoms with Gasteiger partial charge in [0.1, 0.15) is 5.75 Å². The first-order valence-electron chi connectivity index (χ1n) is 3.66. The molecule has 0 aromatic heterocycles. The molecule has 0 saturated heterocycles. The number of phenols is 1. The van der Waals surface area contributed by atoms with Crippen LogP contribution in [0.3, 0.4) is 0 Å². The lowest BCUT2D eigenvalue weighted by Gasteiger charge is -2.00. The number of aliphatic hydroxyl groups excluding tert-OH is 1. The van der Waals surface area contributed by atoms with E-state index in [1.54, 1.807) is 6.07 Å². The van der Waals surface area contributed by atoms with Crippen molar-refractivity contribution in [2.24, 2.45) is 0 Å². The number of carbonyl (C=O) groups excluding carboxylic acids is 1. The van der Waals surface area contributed by atoms with E-state index in [0.717, 1.165) is 5.56 Å². The maximum absolute atomic E-state index is 10.3. The van der Waals surface area contributed by atoms with E-state index in [0.29, 0.717) is 12.7 Å². The Morgan fingerprint density at radius 1 is 1.42 bits per heavy atom. The molecule has 0 spiro atoms. The second kappa shape index (κ2) is 3.88. The Balaban J connectivity index is 2.93. The van der Waals surface area contributed by atoms with Crippen molar-refractivity contribution in [3.05, 3.63) is 29.3 Å². The van der Waals surface area contributed by atoms with E-state index in [1.165, 1.54) is 12.1 Å². The molecule has 3 heteroatoms. The van der Waals surface area contributed by atoms with Crippen molar-refractivity contribution in [3.8, 4) is 5.75 Å². The van der Waals surface area contributed by atoms with Crippen LogP contribution in [-0.2, 0) is 6.42 Å². The Bertz CT molecular complexity index is 281. The highest BCUT2D eigenvalue weighted by atomic mass is 16.3. The molecule has 0 fully saturated rings. The van der Waals surface area contributed by atoms with Crippen LogP contribution in [0.4, 0.5) is 0 Å². The number of aromatic hydroxyl groups is 1. The van der Waals surface area contributed by atoms with Crippen LogP contribution in [0.15, 0.2) is 18.2 Å². The fourth-order valence-corrected chi connectivity index (χ4v) is 0.974. The molecule has 3 nitrogen and oxygen atoms in total. The first-order valence-corrected chi connectivity index (χ1v) is 3.66. The molecular formula is C9H10O3. The molecule has 0 atom stereocenters. The van der Waals surface area contributed by atoms with Crippen LogP contribution >= 0.6 is 0 Å². The maximum Gasteiger partial charge on any atom is 0.153 e. The molecular weight excluding hydrogens is 156 g/mol. The summed E-state index contributed by atoms with van der Waals surface area (Å²) in [6.07, 6.45) is 1.09. The van der Waals surface area contributed by atoms with Gasteiger partial charge in [-0.1, -0.05) is 6.07 Å². The van der Waals surface area contributed by atoms with Crippen LogP contribution in [-0.4, -0.2) is 23.1 Å². The summed E-state index contributed by atoms with van der Waals surface area (Å²) < 4.78 is 0. The minimum Gasteiger partial charge on any atom is -0.507 e. The maximum atomic E-state index is 10.3. The Labute approximate surface area is 70.3 Å². The smallest absolute Gasteiger partial charge is 0.153 e. The van der Waals surface area contributed by atoms with Gasteiger partial charge in [-0.15, -0.1) is 0 Å². The van der Waals surface area contributed by atoms with Crippen molar-refractivity contribution in [1.29, 1.82) is 0 Å². The van der Waals surface area contributed by atoms with Crippen molar-refractivity contribution >= 4 is 6.29 Å². The third kappa shape index (κ3) is 1.83. The number of hydrogen-bond acceptors (Lipinski definition) is 3. The van der Waals surface area contributed by atoms with E-state index < -0.39 is 0 Å². The van der Waals surface area contributed by atoms with E-state index in [4.69, 9.17) is 5.11 Å². The van der Waals surface area contributed by atoms with Crippen LogP contribution in [0.1, 0.15) is 15.9 Å². The molecule has 0 aliphatic carbocycles. The first-order chi connectivity index (χ1) is 5.77. The van der Waals surface area contributed by atoms with Gasteiger partial charge in [-0.25, -0.2) is 0 Å². The highest BCUT2D eigenvalue weighted by Gasteiger charge is 2.00. The standard InChI is InChI=1S/C9H10O3/c10-4-3-7-1-2-8(6-11)9(12)5-7/h1-2,5-6,10,12H,3-4H2. The zero-order chi connectivity index (χ0) is 8.97. The highest BCUT2D eigenvalue weighted by molar-refractivity contribution is 5.79. The van der Waals surface area contributed by atoms with Gasteiger partial charge < -0.3 is 10.2 Å². The molecule has 1 rings (SSSR count). The zero-order valence-electron chi connectivity index (χ0n) is 6.53. The van der Waals surface area contributed by atoms with Gasteiger partial charge in [0.2, 0.25) is 0 Å². The monoisotopic (exact) mass is 166 g/mol. The number of phenolic OH excluding ortho intramolecular Hbond substituents is 1. The van der Waals surface area contributed by atoms with Gasteiger partial charge in [0.25, 0.3) is 0 Å². The highest BCUT2D eigenvalue weighted by Crippen LogP contribution is 2.16. The molecule has 64 valence electrons. The quantitative estimate of drug-likeness (QED) is 0.651. The summed E-state index contributed by atoms with van der Waals surface area (Å²) in [6.45, 7) is 0.0415. The molecule has 0 unspecified atom stereocenters. The topological polar surface area (TPSA) is 57.5 Å². The minimum absolute atomic E-state index is 0.0315. The number of benzene rings is 1. The third-order valence-corrected chi connectivity index (χ3v) is 1.62. The number of aliphatic hydroxyl groups is 1. The molecule has 0 bridgehead atoms. The third-order valence-electron chi connectivity index (χ3n) is 1.62. The lowest BCUT2D eigenvalue weighted by Crippen LogP contribution is -1.91. The van der Waals surface area contributed by atoms with Crippen molar-refractivity contribution < 1.29 is 15.0 Å². The predicted octanol–water partition coefficient (Wildman–Crippen LogP) is 0.740. The van der Waals surface area contributed by atoms with E-state index >= 15 is 0 Å². The van der Waals surface area contributed by atoms with Gasteiger partial charge in [-0.3, -0.25) is 4.79 Å². The number of aldehydes is 1. The summed E-state index contributed by atoms with van der Waals surface area (Å²) in [4.78, 5) is 10.3. The summed E-state index contributed by atoms with van der Waals surface area (Å²) in [5.41, 5.74) is 1.09. The molecule has 0 amide bonds. The van der Waals surface area contributed by atoms with Gasteiger partial charge in [0.05, 0.1) is 5.56 Å². The molecule has 0 radical (unpaired) electrons. The van der Waals surface area contributed by atoms with Crippen LogP contribution in [0, 0.1) is 0 Å². The normalized spacial score (nSPS) is 9.75. The predicted molar refractivity (Wildman–Crippen MR) is 44.3 cm³/mol. The molecule has 12 heavy (non-hydrogen) atoms. The number of carbonyl (C=O) groups is 1. The molecule has 0 aliphatic rings. The largest absolute Gasteiger partial charge is 0.507 e. The van der Waals surface area contributed by atoms with Crippen LogP contribution in [0.2, 0.25) is 0 Å². The van der Waals surface area contributed by atoms with E-state index in [9.17, 15) is 9.90 Å². The van der Waals surface area contributed by atoms with Gasteiger partial charge in [0.15, 0.2) is 6.29 Å². The summed E-state index contributed by atoms with van der Waals surface area (Å²) in [5, 5.41) is 17.8. The van der Waals surface area contributed by atoms with Crippen molar-refractivity contribution in [3.63, 3.8) is 0 Å². The Hall–Kier alpha value is -1.35. The second-order valence-electron chi connectivity index (χ2n) is 2.48. The minimum atomic E-state index is -0.0315. The first kappa shape index (κ1) is 8.74. The van der Waals surface area contributed by atoms with Crippen molar-refractivity contribution in [1.82, 2.24) is 0 Å². The Kier molecular flexibility index (Phi) is 2.82.